The number of carbonyl (C=O) groups is 4. The highest BCUT2D eigenvalue weighted by molar-refractivity contribution is 6.06. The van der Waals surface area contributed by atoms with Crippen molar-refractivity contribution in [2.24, 2.45) is 11.8 Å². The van der Waals surface area contributed by atoms with Crippen molar-refractivity contribution in [3.05, 3.63) is 29.1 Å². The number of amides is 4. The highest BCUT2D eigenvalue weighted by Crippen LogP contribution is 2.36. The first-order valence-corrected chi connectivity index (χ1v) is 13.2. The highest BCUT2D eigenvalue weighted by Gasteiger charge is 2.41. The van der Waals surface area contributed by atoms with Crippen LogP contribution in [0.5, 0.6) is 0 Å². The molecule has 3 aliphatic heterocycles. The minimum atomic E-state index is -0.961. The molecule has 0 spiro atoms. The summed E-state index contributed by atoms with van der Waals surface area (Å²) in [6.07, 6.45) is 3.77. The van der Waals surface area contributed by atoms with Gasteiger partial charge in [0.15, 0.2) is 0 Å². The quantitative estimate of drug-likeness (QED) is 0.494. The Morgan fingerprint density at radius 1 is 1.03 bits per heavy atom. The zero-order valence-corrected chi connectivity index (χ0v) is 20.9. The maximum atomic E-state index is 14.6. The molecule has 3 fully saturated rings. The number of halogens is 1. The van der Waals surface area contributed by atoms with Crippen LogP contribution in [0.15, 0.2) is 12.1 Å². The molecule has 1 atom stereocenters. The van der Waals surface area contributed by atoms with Crippen molar-refractivity contribution in [2.45, 2.75) is 51.1 Å². The Hall–Kier alpha value is -3.21. The van der Waals surface area contributed by atoms with Crippen LogP contribution in [0.4, 0.5) is 14.9 Å². The van der Waals surface area contributed by atoms with Gasteiger partial charge in [-0.25, -0.2) is 9.18 Å². The summed E-state index contributed by atoms with van der Waals surface area (Å²) in [6, 6.07) is 2.02. The molecule has 1 unspecified atom stereocenters. The number of carboxylic acid groups (broad SMARTS) is 1. The van der Waals surface area contributed by atoms with Crippen molar-refractivity contribution < 1.29 is 28.7 Å². The summed E-state index contributed by atoms with van der Waals surface area (Å²) in [5, 5.41) is 13.6. The third kappa shape index (κ3) is 5.56. The van der Waals surface area contributed by atoms with Crippen LogP contribution in [0, 0.1) is 17.7 Å². The van der Waals surface area contributed by atoms with E-state index in [1.165, 1.54) is 17.0 Å². The summed E-state index contributed by atoms with van der Waals surface area (Å²) in [5.41, 5.74) is 1.76. The summed E-state index contributed by atoms with van der Waals surface area (Å²) in [7, 11) is 0. The van der Waals surface area contributed by atoms with E-state index < -0.39 is 23.9 Å². The number of rotatable bonds is 6. The molecule has 0 aromatic heterocycles. The van der Waals surface area contributed by atoms with Gasteiger partial charge in [-0.05, 0) is 56.1 Å². The van der Waals surface area contributed by atoms with E-state index >= 15 is 0 Å². The highest BCUT2D eigenvalue weighted by atomic mass is 19.1. The van der Waals surface area contributed by atoms with Gasteiger partial charge in [0.25, 0.3) is 5.91 Å². The van der Waals surface area contributed by atoms with Crippen LogP contribution in [0.2, 0.25) is 0 Å². The van der Waals surface area contributed by atoms with Gasteiger partial charge < -0.3 is 20.2 Å². The van der Waals surface area contributed by atoms with Crippen molar-refractivity contribution in [2.75, 3.05) is 44.2 Å². The van der Waals surface area contributed by atoms with Crippen LogP contribution < -0.4 is 15.5 Å². The first-order chi connectivity index (χ1) is 17.8. The lowest BCUT2D eigenvalue weighted by Crippen LogP contribution is -2.52. The molecule has 3 N–H and O–H groups in total. The molecule has 4 aliphatic rings. The Balaban J connectivity index is 1.18. The number of benzene rings is 1. The van der Waals surface area contributed by atoms with Crippen molar-refractivity contribution in [1.82, 2.24) is 20.4 Å². The van der Waals surface area contributed by atoms with E-state index in [4.69, 9.17) is 5.11 Å². The minimum Gasteiger partial charge on any atom is -0.465 e. The molecule has 0 radical (unpaired) electrons. The molecule has 11 heteroatoms. The number of carbonyl (C=O) groups excluding carboxylic acids is 3. The maximum Gasteiger partial charge on any atom is 0.404 e. The summed E-state index contributed by atoms with van der Waals surface area (Å²) in [5.74, 6) is -0.618. The molecular weight excluding hydrogens is 481 g/mol. The number of fused-ring (bicyclic) bond motifs is 1. The van der Waals surface area contributed by atoms with Crippen LogP contribution in [-0.2, 0) is 16.1 Å². The second kappa shape index (κ2) is 10.6. The lowest BCUT2D eigenvalue weighted by Gasteiger charge is -2.39. The van der Waals surface area contributed by atoms with Gasteiger partial charge in [-0.15, -0.1) is 0 Å². The minimum absolute atomic E-state index is 0.181. The molecule has 37 heavy (non-hydrogen) atoms. The van der Waals surface area contributed by atoms with Gasteiger partial charge >= 0.3 is 6.09 Å². The molecule has 0 bridgehead atoms. The molecule has 10 nitrogen and oxygen atoms in total. The lowest BCUT2D eigenvalue weighted by atomic mass is 9.81. The average Bonchev–Trinajstić information content (AvgIpc) is 3.19. The molecule has 3 heterocycles. The fraction of sp³-hybridized carbons (Fsp3) is 0.615. The number of nitrogens with one attached hydrogen (secondary N) is 2. The smallest absolute Gasteiger partial charge is 0.404 e. The Labute approximate surface area is 215 Å². The predicted octanol–water partition coefficient (Wildman–Crippen LogP) is 1.78. The van der Waals surface area contributed by atoms with Crippen LogP contribution >= 0.6 is 0 Å². The fourth-order valence-electron chi connectivity index (χ4n) is 6.28. The van der Waals surface area contributed by atoms with Gasteiger partial charge in [-0.1, -0.05) is 0 Å². The zero-order chi connectivity index (χ0) is 26.1. The Morgan fingerprint density at radius 2 is 1.73 bits per heavy atom. The number of hydrogen-bond donors (Lipinski definition) is 3. The van der Waals surface area contributed by atoms with Crippen LogP contribution in [-0.4, -0.2) is 84.0 Å². The second-order valence-electron chi connectivity index (χ2n) is 10.7. The Bertz CT molecular complexity index is 1080. The predicted molar refractivity (Wildman–Crippen MR) is 133 cm³/mol. The monoisotopic (exact) mass is 515 g/mol. The summed E-state index contributed by atoms with van der Waals surface area (Å²) in [4.78, 5) is 53.8. The average molecular weight is 516 g/mol. The fourth-order valence-corrected chi connectivity index (χ4v) is 6.28. The van der Waals surface area contributed by atoms with Gasteiger partial charge in [-0.2, -0.15) is 0 Å². The molecular formula is C26H34FN5O5. The van der Waals surface area contributed by atoms with Gasteiger partial charge in [0.05, 0.1) is 0 Å². The molecule has 1 aliphatic carbocycles. The van der Waals surface area contributed by atoms with Crippen LogP contribution in [0.3, 0.4) is 0 Å². The molecule has 200 valence electrons. The van der Waals surface area contributed by atoms with E-state index in [1.807, 2.05) is 0 Å². The van der Waals surface area contributed by atoms with E-state index in [0.29, 0.717) is 29.6 Å². The van der Waals surface area contributed by atoms with Gasteiger partial charge in [-0.3, -0.25) is 24.6 Å². The number of hydrogen-bond acceptors (Lipinski definition) is 6. The van der Waals surface area contributed by atoms with Gasteiger partial charge in [0.1, 0.15) is 11.9 Å². The largest absolute Gasteiger partial charge is 0.465 e. The van der Waals surface area contributed by atoms with Crippen LogP contribution in [0.25, 0.3) is 0 Å². The van der Waals surface area contributed by atoms with E-state index in [0.717, 1.165) is 64.0 Å². The molecule has 4 amide bonds. The Kier molecular flexibility index (Phi) is 7.32. The van der Waals surface area contributed by atoms with Gasteiger partial charge in [0, 0.05) is 69.0 Å². The third-order valence-electron chi connectivity index (χ3n) is 8.33. The molecule has 1 aromatic carbocycles. The molecule has 1 saturated carbocycles. The SMILES string of the molecule is O=C(O)NC[C@H]1CC[C@H](CN2CCN(c3cc(F)cc4c3CN(C3CCC(=O)NC3=O)C4=O)CC2)CC1. The number of anilines is 1. The van der Waals surface area contributed by atoms with Crippen molar-refractivity contribution >= 4 is 29.5 Å². The van der Waals surface area contributed by atoms with E-state index in [1.54, 1.807) is 0 Å². The van der Waals surface area contributed by atoms with Crippen molar-refractivity contribution in [1.29, 1.82) is 0 Å². The maximum absolute atomic E-state index is 14.6. The number of piperazine rings is 1. The number of piperidine rings is 1. The summed E-state index contributed by atoms with van der Waals surface area (Å²) < 4.78 is 14.6. The second-order valence-corrected chi connectivity index (χ2v) is 10.7. The van der Waals surface area contributed by atoms with Gasteiger partial charge in [0.2, 0.25) is 11.8 Å². The van der Waals surface area contributed by atoms with Crippen molar-refractivity contribution in [3.8, 4) is 0 Å². The first-order valence-electron chi connectivity index (χ1n) is 13.2. The summed E-state index contributed by atoms with van der Waals surface area (Å²) >= 11 is 0. The topological polar surface area (TPSA) is 122 Å². The Morgan fingerprint density at radius 3 is 2.41 bits per heavy atom. The number of nitrogens with zero attached hydrogens (tertiary/aromatic N) is 3. The molecule has 1 aromatic rings. The summed E-state index contributed by atoms with van der Waals surface area (Å²) in [6.45, 7) is 4.91. The van der Waals surface area contributed by atoms with E-state index in [2.05, 4.69) is 20.4 Å². The third-order valence-corrected chi connectivity index (χ3v) is 8.33. The van der Waals surface area contributed by atoms with E-state index in [9.17, 15) is 23.6 Å². The standard InChI is InChI=1S/C26H34FN5O5/c27-18-11-19-20(15-32(25(19)35)21-5-6-23(33)29-24(21)34)22(12-18)31-9-7-30(8-10-31)14-17-3-1-16(2-4-17)13-28-26(36)37/h11-12,16-17,21,28H,1-10,13-15H2,(H,36,37)(H,29,33,34)/t16-,17-,21?. The van der Waals surface area contributed by atoms with Crippen molar-refractivity contribution in [3.63, 3.8) is 0 Å². The van der Waals surface area contributed by atoms with E-state index in [-0.39, 0.29) is 31.2 Å². The first kappa shape index (κ1) is 25.4. The zero-order valence-electron chi connectivity index (χ0n) is 20.9. The van der Waals surface area contributed by atoms with Crippen LogP contribution in [0.1, 0.15) is 54.4 Å². The normalized spacial score (nSPS) is 26.7. The lowest BCUT2D eigenvalue weighted by molar-refractivity contribution is -0.136. The molecule has 2 saturated heterocycles. The number of imide groups is 1. The molecule has 5 rings (SSSR count).